The van der Waals surface area contributed by atoms with Gasteiger partial charge in [-0.3, -0.25) is 9.58 Å². The van der Waals surface area contributed by atoms with Gasteiger partial charge in [-0.25, -0.2) is 0 Å². The van der Waals surface area contributed by atoms with E-state index < -0.39 is 0 Å². The number of hydrogen-bond donors (Lipinski definition) is 0. The maximum absolute atomic E-state index is 8.71. The van der Waals surface area contributed by atoms with Gasteiger partial charge in [-0.15, -0.1) is 0 Å². The molecule has 0 bridgehead atoms. The van der Waals surface area contributed by atoms with Crippen LogP contribution in [0.2, 0.25) is 0 Å². The third kappa shape index (κ3) is 2.37. The summed E-state index contributed by atoms with van der Waals surface area (Å²) in [6.45, 7) is 3.24. The largest absolute Gasteiger partial charge is 0.297 e. The van der Waals surface area contributed by atoms with Crippen molar-refractivity contribution in [2.75, 3.05) is 13.1 Å². The van der Waals surface area contributed by atoms with Crippen molar-refractivity contribution in [2.45, 2.75) is 25.8 Å². The molecular weight excluding hydrogens is 188 g/mol. The van der Waals surface area contributed by atoms with E-state index in [9.17, 15) is 0 Å². The number of aromatic nitrogens is 2. The van der Waals surface area contributed by atoms with E-state index in [1.807, 2.05) is 13.2 Å². The molecule has 4 nitrogen and oxygen atoms in total. The fourth-order valence-corrected chi connectivity index (χ4v) is 2.10. The maximum Gasteiger partial charge on any atom is 0.0807 e. The van der Waals surface area contributed by atoms with Gasteiger partial charge in [-0.2, -0.15) is 10.4 Å². The van der Waals surface area contributed by atoms with E-state index in [0.29, 0.717) is 6.42 Å². The lowest BCUT2D eigenvalue weighted by atomic mass is 10.2. The van der Waals surface area contributed by atoms with E-state index in [1.54, 1.807) is 4.68 Å². The zero-order chi connectivity index (χ0) is 10.7. The number of rotatable bonds is 3. The summed E-state index contributed by atoms with van der Waals surface area (Å²) in [6.07, 6.45) is 5.01. The fourth-order valence-electron chi connectivity index (χ4n) is 2.10. The highest BCUT2D eigenvalue weighted by Gasteiger charge is 2.15. The van der Waals surface area contributed by atoms with Crippen LogP contribution in [0.3, 0.4) is 0 Å². The smallest absolute Gasteiger partial charge is 0.0807 e. The van der Waals surface area contributed by atoms with Crippen molar-refractivity contribution < 1.29 is 0 Å². The highest BCUT2D eigenvalue weighted by molar-refractivity contribution is 5.20. The van der Waals surface area contributed by atoms with Crippen LogP contribution in [0.5, 0.6) is 0 Å². The molecule has 0 N–H and O–H groups in total. The monoisotopic (exact) mass is 204 g/mol. The first-order chi connectivity index (χ1) is 7.29. The highest BCUT2D eigenvalue weighted by Crippen LogP contribution is 2.14. The van der Waals surface area contributed by atoms with Crippen molar-refractivity contribution in [1.82, 2.24) is 14.7 Å². The van der Waals surface area contributed by atoms with Crippen molar-refractivity contribution >= 4 is 0 Å². The van der Waals surface area contributed by atoms with E-state index in [4.69, 9.17) is 5.26 Å². The molecule has 15 heavy (non-hydrogen) atoms. The first-order valence-electron chi connectivity index (χ1n) is 5.40. The lowest BCUT2D eigenvalue weighted by Crippen LogP contribution is -2.19. The number of nitriles is 1. The van der Waals surface area contributed by atoms with Crippen molar-refractivity contribution in [3.8, 4) is 6.07 Å². The summed E-state index contributed by atoms with van der Waals surface area (Å²) in [5.74, 6) is 0. The summed E-state index contributed by atoms with van der Waals surface area (Å²) >= 11 is 0. The Kier molecular flexibility index (Phi) is 3.02. The Morgan fingerprint density at radius 2 is 2.20 bits per heavy atom. The maximum atomic E-state index is 8.71. The van der Waals surface area contributed by atoms with Crippen LogP contribution in [0.1, 0.15) is 24.1 Å². The summed E-state index contributed by atoms with van der Waals surface area (Å²) in [5, 5.41) is 13.1. The van der Waals surface area contributed by atoms with E-state index in [-0.39, 0.29) is 0 Å². The van der Waals surface area contributed by atoms with Crippen LogP contribution in [-0.2, 0) is 20.0 Å². The molecule has 0 atom stereocenters. The molecule has 0 unspecified atom stereocenters. The predicted molar refractivity (Wildman–Crippen MR) is 57.0 cm³/mol. The average Bonchev–Trinajstić information content (AvgIpc) is 2.78. The lowest BCUT2D eigenvalue weighted by Gasteiger charge is -2.12. The van der Waals surface area contributed by atoms with Gasteiger partial charge in [-0.1, -0.05) is 0 Å². The first kappa shape index (κ1) is 10.2. The van der Waals surface area contributed by atoms with Gasteiger partial charge in [0, 0.05) is 25.4 Å². The van der Waals surface area contributed by atoms with E-state index in [2.05, 4.69) is 16.1 Å². The minimum absolute atomic E-state index is 0.469. The second kappa shape index (κ2) is 4.45. The molecule has 0 amide bonds. The van der Waals surface area contributed by atoms with Gasteiger partial charge in [0.25, 0.3) is 0 Å². The van der Waals surface area contributed by atoms with Crippen LogP contribution < -0.4 is 0 Å². The summed E-state index contributed by atoms with van der Waals surface area (Å²) in [5.41, 5.74) is 2.15. The zero-order valence-electron chi connectivity index (χ0n) is 9.11. The van der Waals surface area contributed by atoms with Gasteiger partial charge in [0.05, 0.1) is 18.2 Å². The molecule has 0 spiro atoms. The first-order valence-corrected chi connectivity index (χ1v) is 5.40. The minimum Gasteiger partial charge on any atom is -0.297 e. The Bertz CT molecular complexity index is 368. The fraction of sp³-hybridized carbons (Fsp3) is 0.636. The summed E-state index contributed by atoms with van der Waals surface area (Å²) in [6, 6.07) is 2.19. The third-order valence-corrected chi connectivity index (χ3v) is 2.83. The normalized spacial score (nSPS) is 16.8. The highest BCUT2D eigenvalue weighted by atomic mass is 15.3. The van der Waals surface area contributed by atoms with Crippen molar-refractivity contribution in [3.63, 3.8) is 0 Å². The van der Waals surface area contributed by atoms with Crippen molar-refractivity contribution in [3.05, 3.63) is 17.5 Å². The number of nitrogens with zero attached hydrogens (tertiary/aromatic N) is 4. The van der Waals surface area contributed by atoms with Gasteiger partial charge in [0.2, 0.25) is 0 Å². The quantitative estimate of drug-likeness (QED) is 0.740. The molecule has 4 heteroatoms. The Morgan fingerprint density at radius 1 is 1.47 bits per heavy atom. The molecule has 1 aromatic heterocycles. The van der Waals surface area contributed by atoms with Crippen molar-refractivity contribution in [1.29, 1.82) is 5.26 Å². The molecule has 0 aliphatic carbocycles. The lowest BCUT2D eigenvalue weighted by molar-refractivity contribution is 0.325. The van der Waals surface area contributed by atoms with Crippen LogP contribution in [0.15, 0.2) is 6.20 Å². The van der Waals surface area contributed by atoms with Crippen LogP contribution in [0.4, 0.5) is 0 Å². The average molecular weight is 204 g/mol. The van der Waals surface area contributed by atoms with Crippen LogP contribution >= 0.6 is 0 Å². The van der Waals surface area contributed by atoms with E-state index >= 15 is 0 Å². The van der Waals surface area contributed by atoms with Crippen molar-refractivity contribution in [2.24, 2.45) is 7.05 Å². The van der Waals surface area contributed by atoms with Gasteiger partial charge in [0.15, 0.2) is 0 Å². The number of hydrogen-bond acceptors (Lipinski definition) is 3. The number of likely N-dealkylation sites (tertiary alicyclic amines) is 1. The predicted octanol–water partition coefficient (Wildman–Crippen LogP) is 1.08. The molecule has 1 aliphatic rings. The molecule has 0 saturated carbocycles. The Labute approximate surface area is 90.1 Å². The molecular formula is C11H16N4. The molecule has 1 saturated heterocycles. The van der Waals surface area contributed by atoms with Gasteiger partial charge in [0.1, 0.15) is 0 Å². The molecule has 1 aliphatic heterocycles. The Balaban J connectivity index is 2.08. The van der Waals surface area contributed by atoms with Gasteiger partial charge >= 0.3 is 0 Å². The SMILES string of the molecule is Cn1cc(CC#N)c(CN2CCCC2)n1. The number of aryl methyl sites for hydroxylation is 1. The van der Waals surface area contributed by atoms with Gasteiger partial charge in [-0.05, 0) is 25.9 Å². The molecule has 1 fully saturated rings. The third-order valence-electron chi connectivity index (χ3n) is 2.83. The second-order valence-electron chi connectivity index (χ2n) is 4.09. The van der Waals surface area contributed by atoms with E-state index in [1.165, 1.54) is 25.9 Å². The Hall–Kier alpha value is -1.34. The molecule has 1 aromatic rings. The van der Waals surface area contributed by atoms with Crippen LogP contribution in [0, 0.1) is 11.3 Å². The summed E-state index contributed by atoms with van der Waals surface area (Å²) in [4.78, 5) is 2.41. The van der Waals surface area contributed by atoms with Crippen LogP contribution in [-0.4, -0.2) is 27.8 Å². The summed E-state index contributed by atoms with van der Waals surface area (Å²) < 4.78 is 1.80. The standard InChI is InChI=1S/C11H16N4/c1-14-8-10(4-5-12)11(13-14)9-15-6-2-3-7-15/h8H,2-4,6-7,9H2,1H3. The molecule has 2 rings (SSSR count). The Morgan fingerprint density at radius 3 is 2.87 bits per heavy atom. The topological polar surface area (TPSA) is 44.9 Å². The molecule has 0 aromatic carbocycles. The van der Waals surface area contributed by atoms with Gasteiger partial charge < -0.3 is 0 Å². The second-order valence-corrected chi connectivity index (χ2v) is 4.09. The molecule has 0 radical (unpaired) electrons. The zero-order valence-corrected chi connectivity index (χ0v) is 9.11. The minimum atomic E-state index is 0.469. The molecule has 80 valence electrons. The van der Waals surface area contributed by atoms with E-state index in [0.717, 1.165) is 17.8 Å². The summed E-state index contributed by atoms with van der Waals surface area (Å²) in [7, 11) is 1.91. The molecule has 2 heterocycles. The van der Waals surface area contributed by atoms with Crippen LogP contribution in [0.25, 0.3) is 0 Å².